The van der Waals surface area contributed by atoms with Gasteiger partial charge in [-0.1, -0.05) is 39.0 Å². The van der Waals surface area contributed by atoms with E-state index in [4.69, 9.17) is 4.74 Å². The van der Waals surface area contributed by atoms with E-state index in [1.54, 1.807) is 6.07 Å². The third-order valence-corrected chi connectivity index (χ3v) is 2.45. The van der Waals surface area contributed by atoms with Crippen molar-refractivity contribution in [2.45, 2.75) is 34.1 Å². The van der Waals surface area contributed by atoms with Crippen molar-refractivity contribution in [2.24, 2.45) is 5.41 Å². The van der Waals surface area contributed by atoms with Gasteiger partial charge in [0.1, 0.15) is 0 Å². The second-order valence-electron chi connectivity index (χ2n) is 5.26. The molecule has 16 heavy (non-hydrogen) atoms. The molecule has 0 aliphatic heterocycles. The summed E-state index contributed by atoms with van der Waals surface area (Å²) in [6, 6.07) is 7.49. The Hall–Kier alpha value is -1.31. The molecule has 0 N–H and O–H groups in total. The third kappa shape index (κ3) is 4.05. The maximum absolute atomic E-state index is 11.7. The lowest BCUT2D eigenvalue weighted by Crippen LogP contribution is -2.13. The van der Waals surface area contributed by atoms with Crippen LogP contribution in [0.25, 0.3) is 0 Å². The van der Waals surface area contributed by atoms with Gasteiger partial charge in [-0.25, -0.2) is 4.79 Å². The van der Waals surface area contributed by atoms with Crippen molar-refractivity contribution in [1.29, 1.82) is 0 Å². The number of ether oxygens (including phenoxy) is 1. The fraction of sp³-hybridized carbons (Fsp3) is 0.500. The molecule has 0 heterocycles. The molecule has 0 saturated heterocycles. The van der Waals surface area contributed by atoms with Crippen molar-refractivity contribution in [3.8, 4) is 0 Å². The van der Waals surface area contributed by atoms with Crippen molar-refractivity contribution >= 4 is 5.97 Å². The molecule has 0 fully saturated rings. The lowest BCUT2D eigenvalue weighted by atomic mass is 9.93. The first-order chi connectivity index (χ1) is 7.40. The fourth-order valence-corrected chi connectivity index (χ4v) is 1.33. The summed E-state index contributed by atoms with van der Waals surface area (Å²) in [6.45, 7) is 8.80. The average Bonchev–Trinajstić information content (AvgIpc) is 2.16. The number of hydrogen-bond donors (Lipinski definition) is 0. The summed E-state index contributed by atoms with van der Waals surface area (Å²) in [4.78, 5) is 11.7. The van der Waals surface area contributed by atoms with E-state index >= 15 is 0 Å². The summed E-state index contributed by atoms with van der Waals surface area (Å²) < 4.78 is 5.25. The topological polar surface area (TPSA) is 26.3 Å². The lowest BCUT2D eigenvalue weighted by Gasteiger charge is -2.17. The zero-order valence-electron chi connectivity index (χ0n) is 10.5. The smallest absolute Gasteiger partial charge is 0.338 e. The van der Waals surface area contributed by atoms with Crippen LogP contribution < -0.4 is 0 Å². The SMILES string of the molecule is Cc1ccccc1C(=O)OCCC(C)(C)C. The van der Waals surface area contributed by atoms with Gasteiger partial charge in [0.15, 0.2) is 0 Å². The average molecular weight is 220 g/mol. The molecule has 0 unspecified atom stereocenters. The standard InChI is InChI=1S/C14H20O2/c1-11-7-5-6-8-12(11)13(15)16-10-9-14(2,3)4/h5-8H,9-10H2,1-4H3. The molecule has 0 aliphatic rings. The molecule has 0 radical (unpaired) electrons. The summed E-state index contributed by atoms with van der Waals surface area (Å²) in [5.41, 5.74) is 1.83. The van der Waals surface area contributed by atoms with E-state index in [9.17, 15) is 4.79 Å². The third-order valence-electron chi connectivity index (χ3n) is 2.45. The summed E-state index contributed by atoms with van der Waals surface area (Å²) in [7, 11) is 0. The molecule has 0 aliphatic carbocycles. The first-order valence-electron chi connectivity index (χ1n) is 5.63. The minimum Gasteiger partial charge on any atom is -0.462 e. The number of carbonyl (C=O) groups is 1. The van der Waals surface area contributed by atoms with Gasteiger partial charge in [0.2, 0.25) is 0 Å². The van der Waals surface area contributed by atoms with Gasteiger partial charge in [0.25, 0.3) is 0 Å². The van der Waals surface area contributed by atoms with Crippen molar-refractivity contribution < 1.29 is 9.53 Å². The normalized spacial score (nSPS) is 11.2. The molecule has 1 aromatic rings. The molecule has 0 amide bonds. The molecular weight excluding hydrogens is 200 g/mol. The van der Waals surface area contributed by atoms with Gasteiger partial charge >= 0.3 is 5.97 Å². The van der Waals surface area contributed by atoms with Crippen LogP contribution in [0.1, 0.15) is 43.1 Å². The molecule has 0 aromatic heterocycles. The predicted molar refractivity (Wildman–Crippen MR) is 65.5 cm³/mol. The van der Waals surface area contributed by atoms with Crippen LogP contribution in [0.15, 0.2) is 24.3 Å². The van der Waals surface area contributed by atoms with Crippen LogP contribution in [0, 0.1) is 12.3 Å². The van der Waals surface area contributed by atoms with Crippen LogP contribution in [0.2, 0.25) is 0 Å². The summed E-state index contributed by atoms with van der Waals surface area (Å²) in [6.07, 6.45) is 0.880. The number of carbonyl (C=O) groups excluding carboxylic acids is 1. The zero-order valence-corrected chi connectivity index (χ0v) is 10.5. The number of benzene rings is 1. The molecule has 0 spiro atoms. The largest absolute Gasteiger partial charge is 0.462 e. The van der Waals surface area contributed by atoms with Crippen molar-refractivity contribution in [3.05, 3.63) is 35.4 Å². The number of hydrogen-bond acceptors (Lipinski definition) is 2. The first-order valence-corrected chi connectivity index (χ1v) is 5.63. The molecule has 2 nitrogen and oxygen atoms in total. The van der Waals surface area contributed by atoms with Crippen LogP contribution in [0.4, 0.5) is 0 Å². The molecule has 2 heteroatoms. The van der Waals surface area contributed by atoms with E-state index in [2.05, 4.69) is 20.8 Å². The monoisotopic (exact) mass is 220 g/mol. The highest BCUT2D eigenvalue weighted by Gasteiger charge is 2.13. The van der Waals surface area contributed by atoms with Gasteiger partial charge in [-0.05, 0) is 30.4 Å². The quantitative estimate of drug-likeness (QED) is 0.728. The van der Waals surface area contributed by atoms with E-state index in [0.717, 1.165) is 12.0 Å². The Morgan fingerprint density at radius 3 is 2.44 bits per heavy atom. The first kappa shape index (κ1) is 12.8. The fourth-order valence-electron chi connectivity index (χ4n) is 1.33. The van der Waals surface area contributed by atoms with Gasteiger partial charge in [0, 0.05) is 0 Å². The van der Waals surface area contributed by atoms with E-state index in [-0.39, 0.29) is 11.4 Å². The number of esters is 1. The van der Waals surface area contributed by atoms with Crippen LogP contribution in [-0.4, -0.2) is 12.6 Å². The van der Waals surface area contributed by atoms with Gasteiger partial charge in [-0.2, -0.15) is 0 Å². The molecule has 0 bridgehead atoms. The van der Waals surface area contributed by atoms with Crippen LogP contribution in [0.5, 0.6) is 0 Å². The van der Waals surface area contributed by atoms with Gasteiger partial charge < -0.3 is 4.74 Å². The van der Waals surface area contributed by atoms with Gasteiger partial charge in [-0.3, -0.25) is 0 Å². The van der Waals surface area contributed by atoms with Crippen LogP contribution >= 0.6 is 0 Å². The Labute approximate surface area is 97.6 Å². The number of rotatable bonds is 3. The summed E-state index contributed by atoms with van der Waals surface area (Å²) in [5.74, 6) is -0.220. The van der Waals surface area contributed by atoms with E-state index < -0.39 is 0 Å². The number of aryl methyl sites for hydroxylation is 1. The lowest BCUT2D eigenvalue weighted by molar-refractivity contribution is 0.0464. The minimum absolute atomic E-state index is 0.200. The Balaban J connectivity index is 2.51. The van der Waals surface area contributed by atoms with Crippen LogP contribution in [0.3, 0.4) is 0 Å². The molecule has 0 saturated carbocycles. The van der Waals surface area contributed by atoms with Crippen LogP contribution in [-0.2, 0) is 4.74 Å². The molecule has 88 valence electrons. The second-order valence-corrected chi connectivity index (χ2v) is 5.26. The van der Waals surface area contributed by atoms with Crippen molar-refractivity contribution in [1.82, 2.24) is 0 Å². The maximum Gasteiger partial charge on any atom is 0.338 e. The highest BCUT2D eigenvalue weighted by Crippen LogP contribution is 2.18. The molecule has 1 rings (SSSR count). The predicted octanol–water partition coefficient (Wildman–Crippen LogP) is 3.59. The van der Waals surface area contributed by atoms with Gasteiger partial charge in [-0.15, -0.1) is 0 Å². The minimum atomic E-state index is -0.220. The van der Waals surface area contributed by atoms with E-state index in [1.807, 2.05) is 25.1 Å². The molecule has 1 aromatic carbocycles. The molecule has 0 atom stereocenters. The van der Waals surface area contributed by atoms with E-state index in [0.29, 0.717) is 12.2 Å². The maximum atomic E-state index is 11.7. The summed E-state index contributed by atoms with van der Waals surface area (Å²) in [5, 5.41) is 0. The Morgan fingerprint density at radius 1 is 1.25 bits per heavy atom. The Kier molecular flexibility index (Phi) is 4.11. The second kappa shape index (κ2) is 5.15. The highest BCUT2D eigenvalue weighted by atomic mass is 16.5. The van der Waals surface area contributed by atoms with Crippen molar-refractivity contribution in [3.63, 3.8) is 0 Å². The highest BCUT2D eigenvalue weighted by molar-refractivity contribution is 5.90. The Bertz CT molecular complexity index is 361. The molecular formula is C14H20O2. The zero-order chi connectivity index (χ0) is 12.2. The van der Waals surface area contributed by atoms with Gasteiger partial charge in [0.05, 0.1) is 12.2 Å². The Morgan fingerprint density at radius 2 is 1.88 bits per heavy atom. The summed E-state index contributed by atoms with van der Waals surface area (Å²) >= 11 is 0. The van der Waals surface area contributed by atoms with Crippen molar-refractivity contribution in [2.75, 3.05) is 6.61 Å². The van der Waals surface area contributed by atoms with E-state index in [1.165, 1.54) is 0 Å².